The minimum absolute atomic E-state index is 0.149. The number of halogens is 1. The largest absolute Gasteiger partial charge is 0.481 e. The molecule has 1 N–H and O–H groups in total. The average Bonchev–Trinajstić information content (AvgIpc) is 2.53. The number of carboxylic acids is 1. The third kappa shape index (κ3) is 3.36. The van der Waals surface area contributed by atoms with Gasteiger partial charge in [-0.1, -0.05) is 28.7 Å². The molecule has 0 bridgehead atoms. The second kappa shape index (κ2) is 6.66. The number of aliphatic carboxylic acids is 1. The van der Waals surface area contributed by atoms with Crippen LogP contribution in [0.25, 0.3) is 22.6 Å². The van der Waals surface area contributed by atoms with E-state index in [2.05, 4.69) is 27.6 Å². The molecule has 0 radical (unpaired) electrons. The number of rotatable bonds is 5. The van der Waals surface area contributed by atoms with Crippen molar-refractivity contribution in [2.24, 2.45) is 0 Å². The standard InChI is InChI=1S/C17H14INO4/c18-7-1-2-12(17(21)22)10-3-5-13-15(8-10)23-16-9-11(20)4-6-14(16)19-13/h3-6,8-9,12H,1-2,7H2,(H,21,22). The summed E-state index contributed by atoms with van der Waals surface area (Å²) in [5.41, 5.74) is 2.27. The summed E-state index contributed by atoms with van der Waals surface area (Å²) in [7, 11) is 0. The Morgan fingerprint density at radius 3 is 2.83 bits per heavy atom. The highest BCUT2D eigenvalue weighted by Crippen LogP contribution is 2.28. The van der Waals surface area contributed by atoms with Crippen LogP contribution in [-0.4, -0.2) is 20.5 Å². The van der Waals surface area contributed by atoms with Gasteiger partial charge in [0.1, 0.15) is 11.2 Å². The highest BCUT2D eigenvalue weighted by molar-refractivity contribution is 14.1. The van der Waals surface area contributed by atoms with E-state index in [1.165, 1.54) is 12.1 Å². The topological polar surface area (TPSA) is 80.4 Å². The molecule has 2 aliphatic rings. The maximum Gasteiger partial charge on any atom is 0.310 e. The van der Waals surface area contributed by atoms with Crippen molar-refractivity contribution in [2.75, 3.05) is 4.43 Å². The van der Waals surface area contributed by atoms with Crippen LogP contribution in [0, 0.1) is 0 Å². The van der Waals surface area contributed by atoms with Gasteiger partial charge in [0.2, 0.25) is 0 Å². The van der Waals surface area contributed by atoms with Gasteiger partial charge in [-0.15, -0.1) is 0 Å². The minimum Gasteiger partial charge on any atom is -0.481 e. The number of hydrogen-bond acceptors (Lipinski definition) is 4. The summed E-state index contributed by atoms with van der Waals surface area (Å²) in [5.74, 6) is -1.00. The molecule has 1 heterocycles. The third-order valence-corrected chi connectivity index (χ3v) is 4.47. The first-order valence-corrected chi connectivity index (χ1v) is 8.74. The molecular weight excluding hydrogens is 409 g/mol. The van der Waals surface area contributed by atoms with E-state index in [0.29, 0.717) is 34.5 Å². The number of carboxylic acid groups (broad SMARTS) is 1. The van der Waals surface area contributed by atoms with Crippen LogP contribution in [-0.2, 0) is 4.79 Å². The normalized spacial score (nSPS) is 12.6. The van der Waals surface area contributed by atoms with Crippen molar-refractivity contribution in [3.05, 3.63) is 52.2 Å². The van der Waals surface area contributed by atoms with Gasteiger partial charge in [0.25, 0.3) is 0 Å². The van der Waals surface area contributed by atoms with Crippen molar-refractivity contribution in [3.8, 4) is 11.5 Å². The molecule has 0 saturated carbocycles. The van der Waals surface area contributed by atoms with Crippen LogP contribution in [0.4, 0.5) is 0 Å². The van der Waals surface area contributed by atoms with Gasteiger partial charge in [0, 0.05) is 6.07 Å². The fourth-order valence-electron chi connectivity index (χ4n) is 2.55. The Morgan fingerprint density at radius 2 is 2.09 bits per heavy atom. The van der Waals surface area contributed by atoms with Gasteiger partial charge in [-0.3, -0.25) is 9.59 Å². The van der Waals surface area contributed by atoms with Crippen LogP contribution in [0.2, 0.25) is 0 Å². The number of hydrogen-bond donors (Lipinski definition) is 1. The quantitative estimate of drug-likeness (QED) is 0.385. The van der Waals surface area contributed by atoms with Gasteiger partial charge >= 0.3 is 5.97 Å². The number of aromatic nitrogens is 1. The van der Waals surface area contributed by atoms with E-state index in [1.54, 1.807) is 24.3 Å². The lowest BCUT2D eigenvalue weighted by Gasteiger charge is -2.13. The Kier molecular flexibility index (Phi) is 4.61. The summed E-state index contributed by atoms with van der Waals surface area (Å²) in [5, 5.41) is 9.44. The van der Waals surface area contributed by atoms with Crippen molar-refractivity contribution in [2.45, 2.75) is 18.8 Å². The molecule has 1 aliphatic heterocycles. The molecule has 1 aromatic rings. The van der Waals surface area contributed by atoms with Crippen LogP contribution in [0.5, 0.6) is 0 Å². The summed E-state index contributed by atoms with van der Waals surface area (Å²) in [6, 6.07) is 9.71. The van der Waals surface area contributed by atoms with Crippen LogP contribution >= 0.6 is 22.6 Å². The van der Waals surface area contributed by atoms with Crippen LogP contribution in [0.3, 0.4) is 0 Å². The molecule has 1 aliphatic carbocycles. The van der Waals surface area contributed by atoms with E-state index in [1.807, 2.05) is 0 Å². The molecular formula is C17H14INO4. The maximum absolute atomic E-state index is 11.5. The highest BCUT2D eigenvalue weighted by atomic mass is 127. The van der Waals surface area contributed by atoms with Gasteiger partial charge in [-0.05, 0) is 47.1 Å². The SMILES string of the molecule is O=C(O)C(CCCI)c1ccc2nc3ccc(=O)cc-3oc2c1. The first-order valence-electron chi connectivity index (χ1n) is 7.22. The molecule has 118 valence electrons. The molecule has 1 atom stereocenters. The molecule has 23 heavy (non-hydrogen) atoms. The van der Waals surface area contributed by atoms with Gasteiger partial charge in [0.15, 0.2) is 16.8 Å². The summed E-state index contributed by atoms with van der Waals surface area (Å²) in [6.45, 7) is 0. The number of carbonyl (C=O) groups is 1. The average molecular weight is 423 g/mol. The lowest BCUT2D eigenvalue weighted by molar-refractivity contribution is -0.139. The third-order valence-electron chi connectivity index (χ3n) is 3.70. The molecule has 0 aromatic heterocycles. The molecule has 1 aromatic carbocycles. The van der Waals surface area contributed by atoms with Crippen LogP contribution in [0.1, 0.15) is 24.3 Å². The first kappa shape index (κ1) is 15.9. The smallest absolute Gasteiger partial charge is 0.310 e. The number of fused-ring (bicyclic) bond motifs is 2. The Balaban J connectivity index is 2.10. The Bertz CT molecular complexity index is 889. The zero-order chi connectivity index (χ0) is 16.4. The lowest BCUT2D eigenvalue weighted by Crippen LogP contribution is -2.12. The fraction of sp³-hybridized carbons (Fsp3) is 0.235. The van der Waals surface area contributed by atoms with E-state index in [-0.39, 0.29) is 5.43 Å². The number of alkyl halides is 1. The van der Waals surface area contributed by atoms with E-state index in [4.69, 9.17) is 4.42 Å². The minimum atomic E-state index is -0.843. The summed E-state index contributed by atoms with van der Waals surface area (Å²) < 4.78 is 6.66. The number of benzene rings is 2. The zero-order valence-electron chi connectivity index (χ0n) is 12.2. The van der Waals surface area contributed by atoms with Crippen molar-refractivity contribution in [3.63, 3.8) is 0 Å². The van der Waals surface area contributed by atoms with Gasteiger partial charge in [-0.2, -0.15) is 0 Å². The number of nitrogens with zero attached hydrogens (tertiary/aromatic N) is 1. The molecule has 1 unspecified atom stereocenters. The zero-order valence-corrected chi connectivity index (χ0v) is 14.3. The van der Waals surface area contributed by atoms with Crippen LogP contribution < -0.4 is 5.43 Å². The predicted octanol–water partition coefficient (Wildman–Crippen LogP) is 3.68. The molecule has 0 fully saturated rings. The predicted molar refractivity (Wildman–Crippen MR) is 95.4 cm³/mol. The van der Waals surface area contributed by atoms with Gasteiger partial charge in [0.05, 0.1) is 5.92 Å². The summed E-state index contributed by atoms with van der Waals surface area (Å²) >= 11 is 2.24. The second-order valence-electron chi connectivity index (χ2n) is 5.29. The van der Waals surface area contributed by atoms with E-state index in [9.17, 15) is 14.7 Å². The van der Waals surface area contributed by atoms with Crippen molar-refractivity contribution in [1.82, 2.24) is 4.98 Å². The monoisotopic (exact) mass is 423 g/mol. The van der Waals surface area contributed by atoms with Crippen molar-refractivity contribution < 1.29 is 14.3 Å². The molecule has 5 nitrogen and oxygen atoms in total. The first-order chi connectivity index (χ1) is 11.1. The van der Waals surface area contributed by atoms with Crippen molar-refractivity contribution >= 4 is 39.7 Å². The van der Waals surface area contributed by atoms with E-state index >= 15 is 0 Å². The molecule has 6 heteroatoms. The van der Waals surface area contributed by atoms with Gasteiger partial charge < -0.3 is 9.52 Å². The lowest BCUT2D eigenvalue weighted by atomic mass is 9.94. The second-order valence-corrected chi connectivity index (χ2v) is 6.37. The molecule has 0 spiro atoms. The Hall–Kier alpha value is -1.96. The van der Waals surface area contributed by atoms with Gasteiger partial charge in [-0.25, -0.2) is 4.98 Å². The highest BCUT2D eigenvalue weighted by Gasteiger charge is 2.20. The molecule has 3 rings (SSSR count). The van der Waals surface area contributed by atoms with E-state index < -0.39 is 11.9 Å². The summed E-state index contributed by atoms with van der Waals surface area (Å²) in [6.07, 6.45) is 1.41. The van der Waals surface area contributed by atoms with Crippen molar-refractivity contribution in [1.29, 1.82) is 0 Å². The van der Waals surface area contributed by atoms with Crippen LogP contribution in [0.15, 0.2) is 45.6 Å². The molecule has 0 saturated heterocycles. The van der Waals surface area contributed by atoms with E-state index in [0.717, 1.165) is 10.8 Å². The Morgan fingerprint density at radius 1 is 1.26 bits per heavy atom. The maximum atomic E-state index is 11.5. The fourth-order valence-corrected chi connectivity index (χ4v) is 2.99. The molecule has 0 amide bonds. The summed E-state index contributed by atoms with van der Waals surface area (Å²) in [4.78, 5) is 27.4. The Labute approximate surface area is 145 Å².